The largest absolute Gasteiger partial charge is 0.375 e. The summed E-state index contributed by atoms with van der Waals surface area (Å²) in [7, 11) is 6.02. The Morgan fingerprint density at radius 1 is 1.42 bits per heavy atom. The number of nitrogens with one attached hydrogen (secondary N) is 1. The third-order valence-electron chi connectivity index (χ3n) is 5.03. The normalized spacial score (nSPS) is 17.1. The molecule has 1 aliphatic carbocycles. The summed E-state index contributed by atoms with van der Waals surface area (Å²) in [4.78, 5) is 14.1. The van der Waals surface area contributed by atoms with Crippen LogP contribution >= 0.6 is 11.3 Å². The molecule has 0 aromatic carbocycles. The summed E-state index contributed by atoms with van der Waals surface area (Å²) in [5.74, 6) is 0.946. The van der Waals surface area contributed by atoms with E-state index in [-0.39, 0.29) is 6.10 Å². The summed E-state index contributed by atoms with van der Waals surface area (Å²) < 4.78 is 5.35. The quantitative estimate of drug-likeness (QED) is 0.526. The van der Waals surface area contributed by atoms with E-state index in [0.29, 0.717) is 0 Å². The highest BCUT2D eigenvalue weighted by Gasteiger charge is 2.19. The van der Waals surface area contributed by atoms with E-state index in [4.69, 9.17) is 9.73 Å². The zero-order chi connectivity index (χ0) is 18.9. The lowest BCUT2D eigenvalue weighted by Crippen LogP contribution is -2.39. The number of ether oxygens (including phenoxy) is 1. The topological polar surface area (TPSA) is 53.0 Å². The average Bonchev–Trinajstić information content (AvgIpc) is 3.32. The molecule has 2 rings (SSSR count). The van der Waals surface area contributed by atoms with Crippen LogP contribution in [0.25, 0.3) is 0 Å². The molecule has 0 bridgehead atoms. The number of aliphatic imine (C=N–C) groups is 1. The van der Waals surface area contributed by atoms with Gasteiger partial charge < -0.3 is 19.9 Å². The van der Waals surface area contributed by atoms with E-state index in [1.165, 1.54) is 25.7 Å². The van der Waals surface area contributed by atoms with Crippen LogP contribution in [-0.4, -0.2) is 67.6 Å². The van der Waals surface area contributed by atoms with Crippen LogP contribution in [0.3, 0.4) is 0 Å². The van der Waals surface area contributed by atoms with Crippen LogP contribution in [0, 0.1) is 0 Å². The van der Waals surface area contributed by atoms with Crippen LogP contribution in [0.2, 0.25) is 0 Å². The second-order valence-electron chi connectivity index (χ2n) is 7.07. The number of nitrogens with zero attached hydrogens (tertiary/aromatic N) is 4. The number of likely N-dealkylation sites (N-methyl/N-ethyl adjacent to an activating group) is 1. The molecule has 1 atom stereocenters. The van der Waals surface area contributed by atoms with Crippen LogP contribution in [0.1, 0.15) is 56.3 Å². The number of hydrogen-bond donors (Lipinski definition) is 1. The van der Waals surface area contributed by atoms with Crippen molar-refractivity contribution in [3.8, 4) is 0 Å². The molecule has 0 spiro atoms. The fraction of sp³-hybridized carbons (Fsp3) is 0.789. The van der Waals surface area contributed by atoms with Crippen molar-refractivity contribution >= 4 is 17.3 Å². The van der Waals surface area contributed by atoms with Gasteiger partial charge in [-0.2, -0.15) is 0 Å². The van der Waals surface area contributed by atoms with Crippen molar-refractivity contribution in [3.05, 3.63) is 16.1 Å². The van der Waals surface area contributed by atoms with Crippen molar-refractivity contribution in [2.75, 3.05) is 40.8 Å². The van der Waals surface area contributed by atoms with Gasteiger partial charge in [-0.3, -0.25) is 4.99 Å². The van der Waals surface area contributed by atoms with Gasteiger partial charge in [0.15, 0.2) is 5.96 Å². The fourth-order valence-electron chi connectivity index (χ4n) is 3.31. The first-order chi connectivity index (χ1) is 12.5. The maximum atomic E-state index is 5.35. The number of rotatable bonds is 9. The van der Waals surface area contributed by atoms with Crippen molar-refractivity contribution < 1.29 is 4.74 Å². The minimum Gasteiger partial charge on any atom is -0.375 e. The average molecular weight is 382 g/mol. The van der Waals surface area contributed by atoms with E-state index in [9.17, 15) is 0 Å². The molecule has 0 aliphatic heterocycles. The number of hydrogen-bond acceptors (Lipinski definition) is 5. The molecule has 1 aliphatic rings. The van der Waals surface area contributed by atoms with Crippen LogP contribution in [0.4, 0.5) is 0 Å². The highest BCUT2D eigenvalue weighted by atomic mass is 32.1. The molecule has 1 aromatic rings. The van der Waals surface area contributed by atoms with E-state index < -0.39 is 0 Å². The Bertz CT molecular complexity index is 556. The SMILES string of the molecule is CCNC(=NCCN(C)C1CCCC1)N(C)Cc1csc(C(C)OC)n1. The maximum Gasteiger partial charge on any atom is 0.194 e. The summed E-state index contributed by atoms with van der Waals surface area (Å²) >= 11 is 1.66. The van der Waals surface area contributed by atoms with Crippen molar-refractivity contribution in [2.45, 2.75) is 58.2 Å². The first kappa shape index (κ1) is 21.1. The van der Waals surface area contributed by atoms with Crippen LogP contribution in [0.5, 0.6) is 0 Å². The minimum atomic E-state index is 0.0482. The third kappa shape index (κ3) is 6.21. The third-order valence-corrected chi connectivity index (χ3v) is 6.08. The molecule has 1 saturated carbocycles. The van der Waals surface area contributed by atoms with Gasteiger partial charge in [-0.25, -0.2) is 4.98 Å². The lowest BCUT2D eigenvalue weighted by molar-refractivity contribution is 0.119. The van der Waals surface area contributed by atoms with E-state index in [1.807, 2.05) is 6.92 Å². The summed E-state index contributed by atoms with van der Waals surface area (Å²) in [5.41, 5.74) is 1.06. The molecule has 1 N–H and O–H groups in total. The zero-order valence-corrected chi connectivity index (χ0v) is 17.8. The number of guanidine groups is 1. The Labute approximate surface area is 162 Å². The smallest absolute Gasteiger partial charge is 0.194 e. The first-order valence-corrected chi connectivity index (χ1v) is 10.6. The molecule has 0 amide bonds. The fourth-order valence-corrected chi connectivity index (χ4v) is 4.15. The monoisotopic (exact) mass is 381 g/mol. The van der Waals surface area contributed by atoms with Gasteiger partial charge in [0, 0.05) is 38.7 Å². The van der Waals surface area contributed by atoms with Gasteiger partial charge in [0.1, 0.15) is 11.1 Å². The number of aromatic nitrogens is 1. The molecule has 1 heterocycles. The van der Waals surface area contributed by atoms with Crippen molar-refractivity contribution in [2.24, 2.45) is 4.99 Å². The summed E-state index contributed by atoms with van der Waals surface area (Å²) in [6, 6.07) is 0.752. The van der Waals surface area contributed by atoms with E-state index >= 15 is 0 Å². The van der Waals surface area contributed by atoms with Gasteiger partial charge in [-0.05, 0) is 33.7 Å². The summed E-state index contributed by atoms with van der Waals surface area (Å²) in [5, 5.41) is 6.53. The van der Waals surface area contributed by atoms with Crippen molar-refractivity contribution in [1.29, 1.82) is 0 Å². The molecule has 148 valence electrons. The molecule has 1 fully saturated rings. The Balaban J connectivity index is 1.88. The number of methoxy groups -OCH3 is 1. The Morgan fingerprint density at radius 2 is 2.15 bits per heavy atom. The molecular formula is C19H35N5OS. The predicted octanol–water partition coefficient (Wildman–Crippen LogP) is 3.12. The summed E-state index contributed by atoms with van der Waals surface area (Å²) in [6.07, 6.45) is 5.48. The molecular weight excluding hydrogens is 346 g/mol. The van der Waals surface area contributed by atoms with Gasteiger partial charge in [0.2, 0.25) is 0 Å². The molecule has 1 unspecified atom stereocenters. The number of thiazole rings is 1. The molecule has 7 heteroatoms. The van der Waals surface area contributed by atoms with Crippen LogP contribution in [-0.2, 0) is 11.3 Å². The standard InChI is InChI=1S/C19H35N5OS/c1-6-20-19(21-11-12-23(3)17-9-7-8-10-17)24(4)13-16-14-26-18(22-16)15(2)25-5/h14-15,17H,6-13H2,1-5H3,(H,20,21). The second kappa shape index (κ2) is 10.8. The molecule has 1 aromatic heterocycles. The predicted molar refractivity (Wildman–Crippen MR) is 110 cm³/mol. The molecule has 0 radical (unpaired) electrons. The molecule has 0 saturated heterocycles. The Kier molecular flexibility index (Phi) is 8.81. The van der Waals surface area contributed by atoms with Gasteiger partial charge in [-0.15, -0.1) is 11.3 Å². The van der Waals surface area contributed by atoms with Gasteiger partial charge in [0.25, 0.3) is 0 Å². The maximum absolute atomic E-state index is 5.35. The highest BCUT2D eigenvalue weighted by molar-refractivity contribution is 7.09. The lowest BCUT2D eigenvalue weighted by Gasteiger charge is -2.24. The second-order valence-corrected chi connectivity index (χ2v) is 7.96. The molecule has 26 heavy (non-hydrogen) atoms. The molecule has 6 nitrogen and oxygen atoms in total. The van der Waals surface area contributed by atoms with Crippen LogP contribution in [0.15, 0.2) is 10.4 Å². The van der Waals surface area contributed by atoms with E-state index in [2.05, 4.69) is 46.5 Å². The van der Waals surface area contributed by atoms with E-state index in [1.54, 1.807) is 18.4 Å². The van der Waals surface area contributed by atoms with Crippen molar-refractivity contribution in [1.82, 2.24) is 20.1 Å². The zero-order valence-electron chi connectivity index (χ0n) is 17.0. The Hall–Kier alpha value is -1.18. The van der Waals surface area contributed by atoms with Gasteiger partial charge in [0.05, 0.1) is 18.8 Å². The minimum absolute atomic E-state index is 0.0482. The van der Waals surface area contributed by atoms with Crippen LogP contribution < -0.4 is 5.32 Å². The summed E-state index contributed by atoms with van der Waals surface area (Å²) in [6.45, 7) is 7.58. The van der Waals surface area contributed by atoms with E-state index in [0.717, 1.165) is 48.9 Å². The highest BCUT2D eigenvalue weighted by Crippen LogP contribution is 2.22. The van der Waals surface area contributed by atoms with Gasteiger partial charge in [-0.1, -0.05) is 12.8 Å². The van der Waals surface area contributed by atoms with Gasteiger partial charge >= 0.3 is 0 Å². The lowest BCUT2D eigenvalue weighted by atomic mass is 10.2. The van der Waals surface area contributed by atoms with Crippen molar-refractivity contribution in [3.63, 3.8) is 0 Å². The Morgan fingerprint density at radius 3 is 2.81 bits per heavy atom. The first-order valence-electron chi connectivity index (χ1n) is 9.71.